The van der Waals surface area contributed by atoms with Crippen LogP contribution in [0.1, 0.15) is 18.4 Å². The molecule has 1 unspecified atom stereocenters. The highest BCUT2D eigenvalue weighted by Crippen LogP contribution is 2.21. The molecule has 1 heterocycles. The number of nitrogens with one attached hydrogen (secondary N) is 1. The lowest BCUT2D eigenvalue weighted by Gasteiger charge is -2.15. The van der Waals surface area contributed by atoms with E-state index in [4.69, 9.17) is 0 Å². The van der Waals surface area contributed by atoms with E-state index < -0.39 is 0 Å². The van der Waals surface area contributed by atoms with Crippen LogP contribution in [0.25, 0.3) is 0 Å². The molecule has 1 atom stereocenters. The van der Waals surface area contributed by atoms with Crippen molar-refractivity contribution >= 4 is 11.9 Å². The third kappa shape index (κ3) is 2.91. The number of hydrogen-bond acceptors (Lipinski definition) is 1. The third-order valence-electron chi connectivity index (χ3n) is 3.38. The summed E-state index contributed by atoms with van der Waals surface area (Å²) in [5.41, 5.74) is 4.17. The maximum Gasteiger partial charge on any atom is 0.151 e. The van der Waals surface area contributed by atoms with Crippen LogP contribution < -0.4 is 4.31 Å². The largest absolute Gasteiger partial charge is 0.210 e. The Hall–Kier alpha value is -1.51. The fourth-order valence-electron chi connectivity index (χ4n) is 2.32. The number of rotatable bonds is 3. The van der Waals surface area contributed by atoms with E-state index in [1.54, 1.807) is 0 Å². The van der Waals surface area contributed by atoms with Gasteiger partial charge in [0.25, 0.3) is 0 Å². The Morgan fingerprint density at radius 1 is 1.05 bits per heavy atom. The predicted octanol–water partition coefficient (Wildman–Crippen LogP) is 3.57. The van der Waals surface area contributed by atoms with Gasteiger partial charge in [-0.05, 0) is 38.0 Å². The van der Waals surface area contributed by atoms with E-state index in [0.29, 0.717) is 0 Å². The average molecular weight is 268 g/mol. The molecule has 0 aromatic heterocycles. The van der Waals surface area contributed by atoms with Crippen LogP contribution in [0.15, 0.2) is 77.0 Å². The summed E-state index contributed by atoms with van der Waals surface area (Å²) in [6.45, 7) is 2.13. The summed E-state index contributed by atoms with van der Waals surface area (Å²) in [5, 5.41) is 0. The Balaban J connectivity index is 1.76. The summed E-state index contributed by atoms with van der Waals surface area (Å²) in [6.07, 6.45) is 15.6. The van der Waals surface area contributed by atoms with Gasteiger partial charge in [-0.25, -0.2) is 4.31 Å². The first-order chi connectivity index (χ1) is 9.33. The van der Waals surface area contributed by atoms with Crippen LogP contribution in [0.5, 0.6) is 0 Å². The van der Waals surface area contributed by atoms with Gasteiger partial charge < -0.3 is 0 Å². The first kappa shape index (κ1) is 12.5. The quantitative estimate of drug-likeness (QED) is 0.821. The van der Waals surface area contributed by atoms with E-state index in [1.807, 2.05) is 11.9 Å². The monoisotopic (exact) mass is 268 g/mol. The molecule has 2 heteroatoms. The zero-order valence-electron chi connectivity index (χ0n) is 11.1. The van der Waals surface area contributed by atoms with Crippen molar-refractivity contribution in [3.8, 4) is 0 Å². The molecular weight excluding hydrogens is 250 g/mol. The lowest BCUT2D eigenvalue weighted by atomic mass is 10.0. The molecule has 1 aromatic carbocycles. The number of hydrogen-bond donors (Lipinski definition) is 1. The lowest BCUT2D eigenvalue weighted by molar-refractivity contribution is -0.638. The standard InChI is InChI=1S/C17H17NS/c1-14-9-11-16(12-10-14)19-18-13-5-8-17(18)15-6-3-2-4-7-15/h2-3,5-6,8-13H,4,7H2,1H3/p+1. The summed E-state index contributed by atoms with van der Waals surface area (Å²) in [4.78, 5) is 1.31. The Kier molecular flexibility index (Phi) is 3.72. The molecule has 3 rings (SSSR count). The summed E-state index contributed by atoms with van der Waals surface area (Å²) in [5.74, 6) is 0. The average Bonchev–Trinajstić information content (AvgIpc) is 2.90. The minimum atomic E-state index is 1.15. The van der Waals surface area contributed by atoms with Crippen molar-refractivity contribution in [3.63, 3.8) is 0 Å². The van der Waals surface area contributed by atoms with Gasteiger partial charge in [0, 0.05) is 11.6 Å². The van der Waals surface area contributed by atoms with Gasteiger partial charge in [-0.15, -0.1) is 0 Å². The van der Waals surface area contributed by atoms with E-state index in [9.17, 15) is 0 Å². The fourth-order valence-corrected chi connectivity index (χ4v) is 3.30. The van der Waals surface area contributed by atoms with Gasteiger partial charge in [0.1, 0.15) is 18.1 Å². The van der Waals surface area contributed by atoms with Crippen LogP contribution >= 0.6 is 11.9 Å². The Labute approximate surface area is 119 Å². The van der Waals surface area contributed by atoms with Gasteiger partial charge in [-0.2, -0.15) is 0 Å². The third-order valence-corrected chi connectivity index (χ3v) is 4.47. The Morgan fingerprint density at radius 3 is 2.63 bits per heavy atom. The number of quaternary nitrogens is 1. The van der Waals surface area contributed by atoms with Crippen molar-refractivity contribution in [2.75, 3.05) is 0 Å². The van der Waals surface area contributed by atoms with Crippen LogP contribution in [-0.2, 0) is 0 Å². The van der Waals surface area contributed by atoms with Crippen molar-refractivity contribution in [1.82, 2.24) is 0 Å². The molecule has 0 fully saturated rings. The van der Waals surface area contributed by atoms with Crippen molar-refractivity contribution < 1.29 is 4.31 Å². The molecule has 0 saturated carbocycles. The van der Waals surface area contributed by atoms with Crippen LogP contribution in [-0.4, -0.2) is 0 Å². The van der Waals surface area contributed by atoms with E-state index in [-0.39, 0.29) is 0 Å². The molecule has 0 bridgehead atoms. The number of aryl methyl sites for hydroxylation is 1. The van der Waals surface area contributed by atoms with Crippen molar-refractivity contribution in [1.29, 1.82) is 0 Å². The van der Waals surface area contributed by atoms with Crippen LogP contribution in [0.3, 0.4) is 0 Å². The molecule has 2 aliphatic rings. The van der Waals surface area contributed by atoms with Gasteiger partial charge in [0.15, 0.2) is 5.70 Å². The minimum absolute atomic E-state index is 1.15. The highest BCUT2D eigenvalue weighted by molar-refractivity contribution is 7.93. The van der Waals surface area contributed by atoms with Gasteiger partial charge in [-0.1, -0.05) is 35.9 Å². The van der Waals surface area contributed by atoms with Gasteiger partial charge in [0.05, 0.1) is 4.90 Å². The van der Waals surface area contributed by atoms with E-state index in [2.05, 4.69) is 67.8 Å². The van der Waals surface area contributed by atoms with E-state index in [1.165, 1.54) is 26.0 Å². The normalized spacial score (nSPS) is 21.4. The second-order valence-corrected chi connectivity index (χ2v) is 5.99. The molecule has 0 saturated heterocycles. The second kappa shape index (κ2) is 5.64. The molecule has 96 valence electrons. The van der Waals surface area contributed by atoms with Crippen molar-refractivity contribution in [3.05, 3.63) is 77.7 Å². The van der Waals surface area contributed by atoms with Crippen molar-refractivity contribution in [2.45, 2.75) is 24.7 Å². The molecule has 1 aliphatic heterocycles. The molecule has 1 aliphatic carbocycles. The number of allylic oxidation sites excluding steroid dienone is 6. The first-order valence-corrected chi connectivity index (χ1v) is 7.51. The highest BCUT2D eigenvalue weighted by Gasteiger charge is 2.23. The fraction of sp³-hybridized carbons (Fsp3) is 0.176. The molecule has 0 spiro atoms. The lowest BCUT2D eigenvalue weighted by Crippen LogP contribution is -2.97. The topological polar surface area (TPSA) is 4.44 Å². The Morgan fingerprint density at radius 2 is 1.89 bits per heavy atom. The summed E-state index contributed by atoms with van der Waals surface area (Å²) < 4.78 is 1.37. The van der Waals surface area contributed by atoms with Crippen LogP contribution in [0.4, 0.5) is 0 Å². The zero-order valence-corrected chi connectivity index (χ0v) is 11.9. The molecule has 1 nitrogen and oxygen atoms in total. The molecule has 19 heavy (non-hydrogen) atoms. The zero-order chi connectivity index (χ0) is 13.1. The minimum Gasteiger partial charge on any atom is -0.210 e. The Bertz CT molecular complexity index is 576. The maximum atomic E-state index is 2.25. The SMILES string of the molecule is Cc1ccc(S[NH+]2C=CC=C2C2=CC=CCC2)cc1. The summed E-state index contributed by atoms with van der Waals surface area (Å²) >= 11 is 1.86. The summed E-state index contributed by atoms with van der Waals surface area (Å²) in [7, 11) is 0. The predicted molar refractivity (Wildman–Crippen MR) is 81.7 cm³/mol. The van der Waals surface area contributed by atoms with E-state index in [0.717, 1.165) is 12.8 Å². The first-order valence-electron chi connectivity index (χ1n) is 6.69. The molecule has 1 aromatic rings. The van der Waals surface area contributed by atoms with Gasteiger partial charge in [-0.3, -0.25) is 0 Å². The van der Waals surface area contributed by atoms with Gasteiger partial charge in [0.2, 0.25) is 0 Å². The molecule has 1 N–H and O–H groups in total. The second-order valence-electron chi connectivity index (χ2n) is 4.88. The smallest absolute Gasteiger partial charge is 0.151 e. The molecular formula is C17H18NS+. The molecule has 0 radical (unpaired) electrons. The van der Waals surface area contributed by atoms with Gasteiger partial charge >= 0.3 is 0 Å². The van der Waals surface area contributed by atoms with Crippen LogP contribution in [0, 0.1) is 6.92 Å². The van der Waals surface area contributed by atoms with Crippen molar-refractivity contribution in [2.24, 2.45) is 0 Å². The molecule has 0 amide bonds. The maximum absolute atomic E-state index is 2.25. The van der Waals surface area contributed by atoms with Crippen LogP contribution in [0.2, 0.25) is 0 Å². The highest BCUT2D eigenvalue weighted by atomic mass is 32.2. The number of benzene rings is 1. The summed E-state index contributed by atoms with van der Waals surface area (Å²) in [6, 6.07) is 8.75. The van der Waals surface area contributed by atoms with E-state index >= 15 is 0 Å².